The highest BCUT2D eigenvalue weighted by atomic mass is 16.5. The van der Waals surface area contributed by atoms with Gasteiger partial charge in [-0.1, -0.05) is 37.3 Å². The molecule has 0 amide bonds. The molecule has 0 unspecified atom stereocenters. The Labute approximate surface area is 117 Å². The van der Waals surface area contributed by atoms with E-state index in [-0.39, 0.29) is 12.6 Å². The summed E-state index contributed by atoms with van der Waals surface area (Å²) in [5, 5.41) is 13.0. The predicted octanol–water partition coefficient (Wildman–Crippen LogP) is 2.41. The molecule has 0 spiro atoms. The molecule has 1 aromatic carbocycles. The van der Waals surface area contributed by atoms with Crippen LogP contribution in [0.2, 0.25) is 0 Å². The van der Waals surface area contributed by atoms with E-state index < -0.39 is 0 Å². The van der Waals surface area contributed by atoms with Crippen LogP contribution in [0, 0.1) is 11.3 Å². The molecule has 0 radical (unpaired) electrons. The van der Waals surface area contributed by atoms with Crippen molar-refractivity contribution in [3.8, 4) is 6.07 Å². The Morgan fingerprint density at radius 1 is 1.40 bits per heavy atom. The molecule has 2 atom stereocenters. The van der Waals surface area contributed by atoms with Crippen molar-refractivity contribution in [1.82, 2.24) is 14.8 Å². The Bertz CT molecular complexity index is 629. The second kappa shape index (κ2) is 5.43. The number of hydrogen-bond donors (Lipinski definition) is 0. The zero-order chi connectivity index (χ0) is 13.9. The summed E-state index contributed by atoms with van der Waals surface area (Å²) in [5.41, 5.74) is 1.26. The van der Waals surface area contributed by atoms with Crippen LogP contribution in [0.1, 0.15) is 42.5 Å². The SMILES string of the molecule is C[C@H]1C[C@@H](c2ccccc2)n2nc(COCC#N)nc21. The molecule has 2 aromatic rings. The fourth-order valence-electron chi connectivity index (χ4n) is 2.69. The summed E-state index contributed by atoms with van der Waals surface area (Å²) in [6, 6.07) is 12.6. The largest absolute Gasteiger partial charge is 0.358 e. The number of fused-ring (bicyclic) bond motifs is 1. The van der Waals surface area contributed by atoms with Crippen LogP contribution in [-0.2, 0) is 11.3 Å². The monoisotopic (exact) mass is 268 g/mol. The summed E-state index contributed by atoms with van der Waals surface area (Å²) < 4.78 is 7.19. The van der Waals surface area contributed by atoms with Gasteiger partial charge in [-0.3, -0.25) is 0 Å². The van der Waals surface area contributed by atoms with E-state index in [2.05, 4.69) is 29.1 Å². The molecule has 2 heterocycles. The Morgan fingerprint density at radius 3 is 2.95 bits per heavy atom. The summed E-state index contributed by atoms with van der Waals surface area (Å²) in [7, 11) is 0. The number of rotatable bonds is 4. The molecule has 0 saturated carbocycles. The van der Waals surface area contributed by atoms with Gasteiger partial charge in [-0.05, 0) is 12.0 Å². The van der Waals surface area contributed by atoms with Crippen molar-refractivity contribution < 1.29 is 4.74 Å². The third kappa shape index (κ3) is 2.30. The zero-order valence-corrected chi connectivity index (χ0v) is 11.4. The number of nitriles is 1. The third-order valence-electron chi connectivity index (χ3n) is 3.60. The maximum Gasteiger partial charge on any atom is 0.176 e. The van der Waals surface area contributed by atoms with Crippen LogP contribution in [0.4, 0.5) is 0 Å². The topological polar surface area (TPSA) is 63.7 Å². The minimum Gasteiger partial charge on any atom is -0.358 e. The molecule has 3 rings (SSSR count). The predicted molar refractivity (Wildman–Crippen MR) is 72.9 cm³/mol. The van der Waals surface area contributed by atoms with Gasteiger partial charge in [-0.15, -0.1) is 0 Å². The molecule has 102 valence electrons. The Hall–Kier alpha value is -2.19. The van der Waals surface area contributed by atoms with Gasteiger partial charge in [-0.2, -0.15) is 10.4 Å². The fourth-order valence-corrected chi connectivity index (χ4v) is 2.69. The van der Waals surface area contributed by atoms with Crippen molar-refractivity contribution in [3.05, 3.63) is 47.5 Å². The van der Waals surface area contributed by atoms with Crippen LogP contribution >= 0.6 is 0 Å². The van der Waals surface area contributed by atoms with Crippen molar-refractivity contribution >= 4 is 0 Å². The summed E-state index contributed by atoms with van der Waals surface area (Å²) in [6.45, 7) is 2.53. The van der Waals surface area contributed by atoms with Crippen molar-refractivity contribution in [2.24, 2.45) is 0 Å². The molecule has 1 aliphatic heterocycles. The average molecular weight is 268 g/mol. The van der Waals surface area contributed by atoms with Crippen LogP contribution < -0.4 is 0 Å². The van der Waals surface area contributed by atoms with Gasteiger partial charge in [0.05, 0.1) is 12.1 Å². The van der Waals surface area contributed by atoms with Gasteiger partial charge >= 0.3 is 0 Å². The van der Waals surface area contributed by atoms with Crippen molar-refractivity contribution in [3.63, 3.8) is 0 Å². The van der Waals surface area contributed by atoms with E-state index >= 15 is 0 Å². The highest BCUT2D eigenvalue weighted by Gasteiger charge is 2.32. The minimum atomic E-state index is 0.0710. The van der Waals surface area contributed by atoms with Crippen molar-refractivity contribution in [2.45, 2.75) is 31.9 Å². The van der Waals surface area contributed by atoms with Crippen molar-refractivity contribution in [2.75, 3.05) is 6.61 Å². The highest BCUT2D eigenvalue weighted by Crippen LogP contribution is 2.37. The highest BCUT2D eigenvalue weighted by molar-refractivity contribution is 5.24. The lowest BCUT2D eigenvalue weighted by Crippen LogP contribution is -2.08. The van der Waals surface area contributed by atoms with Crippen LogP contribution in [-0.4, -0.2) is 21.4 Å². The zero-order valence-electron chi connectivity index (χ0n) is 11.4. The molecule has 5 nitrogen and oxygen atoms in total. The fraction of sp³-hybridized carbons (Fsp3) is 0.400. The maximum atomic E-state index is 8.47. The standard InChI is InChI=1S/C15H16N4O/c1-11-9-13(12-5-3-2-4-6-12)19-15(11)17-14(18-19)10-20-8-7-16/h2-6,11,13H,8-10H2,1H3/t11-,13-/m0/s1. The third-order valence-corrected chi connectivity index (χ3v) is 3.60. The van der Waals surface area contributed by atoms with Crippen LogP contribution in [0.15, 0.2) is 30.3 Å². The molecule has 0 aliphatic carbocycles. The normalized spacial score (nSPS) is 20.6. The molecule has 0 N–H and O–H groups in total. The Balaban J connectivity index is 1.85. The summed E-state index contributed by atoms with van der Waals surface area (Å²) >= 11 is 0. The molecule has 1 aliphatic rings. The number of ether oxygens (including phenoxy) is 1. The van der Waals surface area contributed by atoms with Crippen LogP contribution in [0.5, 0.6) is 0 Å². The van der Waals surface area contributed by atoms with E-state index in [1.807, 2.05) is 29.0 Å². The Kier molecular flexibility index (Phi) is 3.48. The van der Waals surface area contributed by atoms with Gasteiger partial charge in [0.25, 0.3) is 0 Å². The Morgan fingerprint density at radius 2 is 2.20 bits per heavy atom. The molecule has 5 heteroatoms. The quantitative estimate of drug-likeness (QED) is 0.799. The average Bonchev–Trinajstić information content (AvgIpc) is 3.01. The van der Waals surface area contributed by atoms with Crippen LogP contribution in [0.25, 0.3) is 0 Å². The van der Waals surface area contributed by atoms with Gasteiger partial charge < -0.3 is 4.74 Å². The molecule has 0 bridgehead atoms. The summed E-state index contributed by atoms with van der Waals surface area (Å²) in [4.78, 5) is 4.54. The van der Waals surface area contributed by atoms with Crippen molar-refractivity contribution in [1.29, 1.82) is 5.26 Å². The molecule has 20 heavy (non-hydrogen) atoms. The lowest BCUT2D eigenvalue weighted by molar-refractivity contribution is 0.145. The van der Waals surface area contributed by atoms with Gasteiger partial charge in [0.1, 0.15) is 19.0 Å². The van der Waals surface area contributed by atoms with E-state index in [1.54, 1.807) is 0 Å². The lowest BCUT2D eigenvalue weighted by Gasteiger charge is -2.11. The van der Waals surface area contributed by atoms with E-state index in [1.165, 1.54) is 5.56 Å². The van der Waals surface area contributed by atoms with Gasteiger partial charge in [0.2, 0.25) is 0 Å². The second-order valence-corrected chi connectivity index (χ2v) is 5.04. The first-order valence-electron chi connectivity index (χ1n) is 6.74. The number of aromatic nitrogens is 3. The van der Waals surface area contributed by atoms with E-state index in [4.69, 9.17) is 10.00 Å². The van der Waals surface area contributed by atoms with E-state index in [9.17, 15) is 0 Å². The van der Waals surface area contributed by atoms with Gasteiger partial charge in [0.15, 0.2) is 5.82 Å². The molecule has 0 saturated heterocycles. The smallest absolute Gasteiger partial charge is 0.176 e. The summed E-state index contributed by atoms with van der Waals surface area (Å²) in [5.74, 6) is 2.05. The minimum absolute atomic E-state index is 0.0710. The first kappa shape index (κ1) is 12.8. The molecule has 1 aromatic heterocycles. The molecule has 0 fully saturated rings. The molecular weight excluding hydrogens is 252 g/mol. The summed E-state index contributed by atoms with van der Waals surface area (Å²) in [6.07, 6.45) is 1.03. The van der Waals surface area contributed by atoms with Gasteiger partial charge in [-0.25, -0.2) is 9.67 Å². The lowest BCUT2D eigenvalue weighted by atomic mass is 10.0. The second-order valence-electron chi connectivity index (χ2n) is 5.04. The number of nitrogens with zero attached hydrogens (tertiary/aromatic N) is 4. The van der Waals surface area contributed by atoms with Gasteiger partial charge in [0, 0.05) is 5.92 Å². The maximum absolute atomic E-state index is 8.47. The van der Waals surface area contributed by atoms with Crippen LogP contribution in [0.3, 0.4) is 0 Å². The molecular formula is C15H16N4O. The van der Waals surface area contributed by atoms with E-state index in [0.717, 1.165) is 12.2 Å². The number of hydrogen-bond acceptors (Lipinski definition) is 4. The first-order chi connectivity index (χ1) is 9.79. The van der Waals surface area contributed by atoms with E-state index in [0.29, 0.717) is 18.3 Å². The number of benzene rings is 1. The first-order valence-corrected chi connectivity index (χ1v) is 6.74.